The summed E-state index contributed by atoms with van der Waals surface area (Å²) in [6.07, 6.45) is 1.01. The molecule has 0 saturated heterocycles. The molecule has 2 rings (SSSR count). The Hall–Kier alpha value is -1.81. The van der Waals surface area contributed by atoms with Crippen LogP contribution in [0.5, 0.6) is 0 Å². The SMILES string of the molecule is CCC(Nc1ccc(C(=O)OC)cc1)c1cccs1. The summed E-state index contributed by atoms with van der Waals surface area (Å²) in [4.78, 5) is 12.7. The van der Waals surface area contributed by atoms with Gasteiger partial charge in [0.25, 0.3) is 0 Å². The Labute approximate surface area is 117 Å². The Morgan fingerprint density at radius 1 is 1.32 bits per heavy atom. The van der Waals surface area contributed by atoms with E-state index >= 15 is 0 Å². The molecule has 0 spiro atoms. The molecule has 0 aliphatic carbocycles. The van der Waals surface area contributed by atoms with E-state index in [2.05, 4.69) is 34.5 Å². The van der Waals surface area contributed by atoms with E-state index in [0.717, 1.165) is 12.1 Å². The smallest absolute Gasteiger partial charge is 0.337 e. The molecule has 1 heterocycles. The number of hydrogen-bond acceptors (Lipinski definition) is 4. The minimum absolute atomic E-state index is 0.308. The van der Waals surface area contributed by atoms with Crippen LogP contribution in [0.15, 0.2) is 41.8 Å². The van der Waals surface area contributed by atoms with E-state index in [1.54, 1.807) is 23.5 Å². The van der Waals surface area contributed by atoms with Crippen LogP contribution in [-0.2, 0) is 4.74 Å². The molecule has 1 N–H and O–H groups in total. The first-order valence-corrected chi connectivity index (χ1v) is 7.11. The Morgan fingerprint density at radius 3 is 2.58 bits per heavy atom. The Balaban J connectivity index is 2.08. The summed E-state index contributed by atoms with van der Waals surface area (Å²) in [5, 5.41) is 5.56. The molecule has 0 fully saturated rings. The van der Waals surface area contributed by atoms with Crippen LogP contribution < -0.4 is 5.32 Å². The number of esters is 1. The summed E-state index contributed by atoms with van der Waals surface area (Å²) in [5.41, 5.74) is 1.57. The maximum atomic E-state index is 11.3. The molecule has 100 valence electrons. The lowest BCUT2D eigenvalue weighted by atomic mass is 10.1. The highest BCUT2D eigenvalue weighted by atomic mass is 32.1. The van der Waals surface area contributed by atoms with Crippen molar-refractivity contribution < 1.29 is 9.53 Å². The molecule has 19 heavy (non-hydrogen) atoms. The fourth-order valence-electron chi connectivity index (χ4n) is 1.89. The number of rotatable bonds is 5. The number of methoxy groups -OCH3 is 1. The van der Waals surface area contributed by atoms with E-state index in [1.807, 2.05) is 12.1 Å². The zero-order valence-electron chi connectivity index (χ0n) is 11.1. The van der Waals surface area contributed by atoms with Gasteiger partial charge in [-0.15, -0.1) is 11.3 Å². The second kappa shape index (κ2) is 6.38. The van der Waals surface area contributed by atoms with Crippen molar-refractivity contribution >= 4 is 23.0 Å². The highest BCUT2D eigenvalue weighted by Crippen LogP contribution is 2.26. The Morgan fingerprint density at radius 2 is 2.05 bits per heavy atom. The van der Waals surface area contributed by atoms with Gasteiger partial charge in [-0.2, -0.15) is 0 Å². The summed E-state index contributed by atoms with van der Waals surface area (Å²) in [6, 6.07) is 11.9. The monoisotopic (exact) mass is 275 g/mol. The lowest BCUT2D eigenvalue weighted by Gasteiger charge is -2.17. The summed E-state index contributed by atoms with van der Waals surface area (Å²) in [6.45, 7) is 2.15. The van der Waals surface area contributed by atoms with Crippen molar-refractivity contribution in [3.8, 4) is 0 Å². The highest BCUT2D eigenvalue weighted by Gasteiger charge is 2.10. The lowest BCUT2D eigenvalue weighted by Crippen LogP contribution is -2.08. The van der Waals surface area contributed by atoms with Gasteiger partial charge in [-0.25, -0.2) is 4.79 Å². The van der Waals surface area contributed by atoms with Gasteiger partial charge in [-0.05, 0) is 42.1 Å². The average Bonchev–Trinajstić information content (AvgIpc) is 2.98. The average molecular weight is 275 g/mol. The molecule has 1 unspecified atom stereocenters. The predicted octanol–water partition coefficient (Wildman–Crippen LogP) is 4.10. The third-order valence-electron chi connectivity index (χ3n) is 2.94. The first-order chi connectivity index (χ1) is 9.24. The first kappa shape index (κ1) is 13.6. The second-order valence-corrected chi connectivity index (χ2v) is 5.17. The van der Waals surface area contributed by atoms with Gasteiger partial charge in [-0.3, -0.25) is 0 Å². The molecule has 1 aromatic heterocycles. The van der Waals surface area contributed by atoms with E-state index in [4.69, 9.17) is 0 Å². The van der Waals surface area contributed by atoms with Gasteiger partial charge in [-0.1, -0.05) is 13.0 Å². The van der Waals surface area contributed by atoms with Gasteiger partial charge in [0, 0.05) is 10.6 Å². The van der Waals surface area contributed by atoms with Crippen LogP contribution in [0.4, 0.5) is 5.69 Å². The topological polar surface area (TPSA) is 38.3 Å². The molecule has 0 radical (unpaired) electrons. The molecule has 0 saturated carbocycles. The fourth-order valence-corrected chi connectivity index (χ4v) is 2.75. The summed E-state index contributed by atoms with van der Waals surface area (Å²) in [7, 11) is 1.39. The van der Waals surface area contributed by atoms with Crippen molar-refractivity contribution in [2.45, 2.75) is 19.4 Å². The minimum Gasteiger partial charge on any atom is -0.465 e. The number of nitrogens with one attached hydrogen (secondary N) is 1. The van der Waals surface area contributed by atoms with Crippen LogP contribution >= 0.6 is 11.3 Å². The van der Waals surface area contributed by atoms with Crippen LogP contribution in [0.1, 0.15) is 34.6 Å². The molecular weight excluding hydrogens is 258 g/mol. The summed E-state index contributed by atoms with van der Waals surface area (Å²) < 4.78 is 4.68. The molecule has 4 heteroatoms. The summed E-state index contributed by atoms with van der Waals surface area (Å²) >= 11 is 1.75. The van der Waals surface area contributed by atoms with Gasteiger partial charge in [0.05, 0.1) is 18.7 Å². The minimum atomic E-state index is -0.308. The third-order valence-corrected chi connectivity index (χ3v) is 3.93. The van der Waals surface area contributed by atoms with Gasteiger partial charge >= 0.3 is 5.97 Å². The standard InChI is InChI=1S/C15H17NO2S/c1-3-13(14-5-4-10-19-14)16-12-8-6-11(7-9-12)15(17)18-2/h4-10,13,16H,3H2,1-2H3. The Bertz CT molecular complexity index is 520. The molecule has 1 aromatic carbocycles. The predicted molar refractivity (Wildman–Crippen MR) is 78.8 cm³/mol. The van der Waals surface area contributed by atoms with E-state index < -0.39 is 0 Å². The van der Waals surface area contributed by atoms with Crippen LogP contribution in [0.25, 0.3) is 0 Å². The molecule has 2 aromatic rings. The number of carbonyl (C=O) groups excluding carboxylic acids is 1. The van der Waals surface area contributed by atoms with E-state index in [9.17, 15) is 4.79 Å². The fraction of sp³-hybridized carbons (Fsp3) is 0.267. The van der Waals surface area contributed by atoms with Crippen molar-refractivity contribution in [2.24, 2.45) is 0 Å². The number of thiophene rings is 1. The van der Waals surface area contributed by atoms with Crippen LogP contribution in [0.3, 0.4) is 0 Å². The molecule has 0 aliphatic rings. The van der Waals surface area contributed by atoms with E-state index in [0.29, 0.717) is 11.6 Å². The lowest BCUT2D eigenvalue weighted by molar-refractivity contribution is 0.0601. The normalized spacial score (nSPS) is 11.9. The van der Waals surface area contributed by atoms with Crippen LogP contribution in [0.2, 0.25) is 0 Å². The van der Waals surface area contributed by atoms with Gasteiger partial charge in [0.2, 0.25) is 0 Å². The second-order valence-electron chi connectivity index (χ2n) is 4.19. The summed E-state index contributed by atoms with van der Waals surface area (Å²) in [5.74, 6) is -0.308. The first-order valence-electron chi connectivity index (χ1n) is 6.23. The molecule has 0 amide bonds. The van der Waals surface area contributed by atoms with Crippen molar-refractivity contribution in [2.75, 3.05) is 12.4 Å². The Kier molecular flexibility index (Phi) is 4.58. The number of hydrogen-bond donors (Lipinski definition) is 1. The zero-order valence-corrected chi connectivity index (χ0v) is 11.9. The molecule has 3 nitrogen and oxygen atoms in total. The number of carbonyl (C=O) groups is 1. The number of ether oxygens (including phenoxy) is 1. The molecule has 0 bridgehead atoms. The van der Waals surface area contributed by atoms with Crippen LogP contribution in [0, 0.1) is 0 Å². The molecular formula is C15H17NO2S. The quantitative estimate of drug-likeness (QED) is 0.835. The molecule has 1 atom stereocenters. The van der Waals surface area contributed by atoms with Gasteiger partial charge in [0.15, 0.2) is 0 Å². The van der Waals surface area contributed by atoms with E-state index in [1.165, 1.54) is 12.0 Å². The maximum absolute atomic E-state index is 11.3. The van der Waals surface area contributed by atoms with Gasteiger partial charge in [0.1, 0.15) is 0 Å². The number of benzene rings is 1. The largest absolute Gasteiger partial charge is 0.465 e. The zero-order chi connectivity index (χ0) is 13.7. The van der Waals surface area contributed by atoms with Crippen molar-refractivity contribution in [3.63, 3.8) is 0 Å². The van der Waals surface area contributed by atoms with Crippen molar-refractivity contribution in [1.82, 2.24) is 0 Å². The number of anilines is 1. The van der Waals surface area contributed by atoms with Crippen molar-refractivity contribution in [1.29, 1.82) is 0 Å². The maximum Gasteiger partial charge on any atom is 0.337 e. The third kappa shape index (κ3) is 3.35. The van der Waals surface area contributed by atoms with E-state index in [-0.39, 0.29) is 5.97 Å². The van der Waals surface area contributed by atoms with Gasteiger partial charge < -0.3 is 10.1 Å². The highest BCUT2D eigenvalue weighted by molar-refractivity contribution is 7.10. The molecule has 0 aliphatic heterocycles. The van der Waals surface area contributed by atoms with Crippen molar-refractivity contribution in [3.05, 3.63) is 52.2 Å². The van der Waals surface area contributed by atoms with Crippen LogP contribution in [-0.4, -0.2) is 13.1 Å².